The van der Waals surface area contributed by atoms with Crippen LogP contribution < -0.4 is 4.57 Å². The number of aliphatic hydroxyl groups is 1. The molecule has 0 bridgehead atoms. The minimum atomic E-state index is 0.0147. The first-order valence-corrected chi connectivity index (χ1v) is 5.55. The molecule has 0 fully saturated rings. The maximum Gasteiger partial charge on any atom is 0.281 e. The standard InChI is InChI=1S/C12H16N2O2/c1-2-16-8-7-14-11-6-4-3-5-10(11)13-12(14)9-15/h3-6,15H,2,7-9H2,1H3/p+1. The Morgan fingerprint density at radius 1 is 1.38 bits per heavy atom. The monoisotopic (exact) mass is 221 g/mol. The summed E-state index contributed by atoms with van der Waals surface area (Å²) in [6.07, 6.45) is 0. The highest BCUT2D eigenvalue weighted by Gasteiger charge is 2.16. The van der Waals surface area contributed by atoms with Crippen molar-refractivity contribution in [3.63, 3.8) is 0 Å². The number of nitrogens with zero attached hydrogens (tertiary/aromatic N) is 1. The number of aliphatic hydroxyl groups excluding tert-OH is 1. The highest BCUT2D eigenvalue weighted by molar-refractivity contribution is 5.70. The Hall–Kier alpha value is -1.39. The fraction of sp³-hybridized carbons (Fsp3) is 0.417. The van der Waals surface area contributed by atoms with Crippen molar-refractivity contribution in [2.45, 2.75) is 20.1 Å². The minimum absolute atomic E-state index is 0.0147. The average molecular weight is 221 g/mol. The fourth-order valence-electron chi connectivity index (χ4n) is 1.86. The van der Waals surface area contributed by atoms with Gasteiger partial charge >= 0.3 is 0 Å². The van der Waals surface area contributed by atoms with E-state index in [2.05, 4.69) is 9.55 Å². The molecule has 0 aliphatic rings. The number of aromatic amines is 1. The van der Waals surface area contributed by atoms with E-state index in [1.54, 1.807) is 0 Å². The number of aromatic nitrogens is 2. The van der Waals surface area contributed by atoms with Gasteiger partial charge in [0.2, 0.25) is 0 Å². The maximum atomic E-state index is 9.28. The zero-order valence-corrected chi connectivity index (χ0v) is 9.44. The van der Waals surface area contributed by atoms with Crippen LogP contribution in [0.25, 0.3) is 11.0 Å². The second-order valence-corrected chi connectivity index (χ2v) is 3.60. The van der Waals surface area contributed by atoms with Gasteiger partial charge in [0, 0.05) is 6.61 Å². The van der Waals surface area contributed by atoms with Crippen LogP contribution in [0, 0.1) is 0 Å². The van der Waals surface area contributed by atoms with Crippen LogP contribution in [-0.2, 0) is 17.9 Å². The predicted octanol–water partition coefficient (Wildman–Crippen LogP) is 0.984. The van der Waals surface area contributed by atoms with Gasteiger partial charge in [-0.2, -0.15) is 0 Å². The van der Waals surface area contributed by atoms with Crippen molar-refractivity contribution in [3.8, 4) is 0 Å². The molecule has 0 amide bonds. The lowest BCUT2D eigenvalue weighted by molar-refractivity contribution is -0.682. The Bertz CT molecular complexity index is 465. The first-order chi connectivity index (χ1) is 7.86. The van der Waals surface area contributed by atoms with E-state index < -0.39 is 0 Å². The lowest BCUT2D eigenvalue weighted by atomic mass is 10.3. The highest BCUT2D eigenvalue weighted by atomic mass is 16.5. The summed E-state index contributed by atoms with van der Waals surface area (Å²) < 4.78 is 7.40. The summed E-state index contributed by atoms with van der Waals surface area (Å²) in [5.41, 5.74) is 2.15. The molecule has 0 spiro atoms. The largest absolute Gasteiger partial charge is 0.384 e. The maximum absolute atomic E-state index is 9.28. The number of hydrogen-bond acceptors (Lipinski definition) is 2. The van der Waals surface area contributed by atoms with Gasteiger partial charge in [-0.1, -0.05) is 12.1 Å². The van der Waals surface area contributed by atoms with Crippen LogP contribution in [0.2, 0.25) is 0 Å². The van der Waals surface area contributed by atoms with Crippen LogP contribution in [0.4, 0.5) is 0 Å². The highest BCUT2D eigenvalue weighted by Crippen LogP contribution is 2.08. The Labute approximate surface area is 94.5 Å². The summed E-state index contributed by atoms with van der Waals surface area (Å²) in [6.45, 7) is 4.13. The number of ether oxygens (including phenoxy) is 1. The van der Waals surface area contributed by atoms with Crippen LogP contribution in [0.15, 0.2) is 24.3 Å². The third-order valence-corrected chi connectivity index (χ3v) is 2.61. The van der Waals surface area contributed by atoms with E-state index in [-0.39, 0.29) is 6.61 Å². The van der Waals surface area contributed by atoms with Gasteiger partial charge < -0.3 is 9.84 Å². The second kappa shape index (κ2) is 5.09. The average Bonchev–Trinajstić information content (AvgIpc) is 2.68. The first kappa shape index (κ1) is 11.1. The molecule has 2 N–H and O–H groups in total. The molecule has 0 radical (unpaired) electrons. The molecule has 0 unspecified atom stereocenters. The van der Waals surface area contributed by atoms with Gasteiger partial charge in [-0.25, -0.2) is 9.55 Å². The summed E-state index contributed by atoms with van der Waals surface area (Å²) in [5, 5.41) is 9.28. The molecule has 2 aromatic rings. The molecule has 0 saturated carbocycles. The predicted molar refractivity (Wildman–Crippen MR) is 60.9 cm³/mol. The summed E-state index contributed by atoms with van der Waals surface area (Å²) in [7, 11) is 0. The molecular formula is C12H17N2O2+. The Kier molecular flexibility index (Phi) is 3.54. The van der Waals surface area contributed by atoms with E-state index in [1.807, 2.05) is 31.2 Å². The number of nitrogens with one attached hydrogen (secondary N) is 1. The quantitative estimate of drug-likeness (QED) is 0.584. The van der Waals surface area contributed by atoms with Crippen LogP contribution in [0.3, 0.4) is 0 Å². The fourth-order valence-corrected chi connectivity index (χ4v) is 1.86. The minimum Gasteiger partial charge on any atom is -0.384 e. The van der Waals surface area contributed by atoms with E-state index in [9.17, 15) is 5.11 Å². The summed E-state index contributed by atoms with van der Waals surface area (Å²) in [5.74, 6) is 0.820. The van der Waals surface area contributed by atoms with E-state index in [1.165, 1.54) is 0 Å². The zero-order chi connectivity index (χ0) is 11.4. The number of fused-ring (bicyclic) bond motifs is 1. The molecule has 0 aliphatic carbocycles. The Morgan fingerprint density at radius 2 is 2.19 bits per heavy atom. The number of para-hydroxylation sites is 2. The molecule has 2 rings (SSSR count). The van der Waals surface area contributed by atoms with Crippen LogP contribution in [0.1, 0.15) is 12.7 Å². The van der Waals surface area contributed by atoms with Crippen molar-refractivity contribution >= 4 is 11.0 Å². The number of H-pyrrole nitrogens is 1. The topological polar surface area (TPSA) is 49.1 Å². The summed E-state index contributed by atoms with van der Waals surface area (Å²) >= 11 is 0. The first-order valence-electron chi connectivity index (χ1n) is 5.55. The number of hydrogen-bond donors (Lipinski definition) is 2. The molecule has 1 heterocycles. The Balaban J connectivity index is 2.32. The molecule has 1 aromatic heterocycles. The molecule has 4 heteroatoms. The summed E-state index contributed by atoms with van der Waals surface area (Å²) in [6, 6.07) is 8.02. The third kappa shape index (κ3) is 2.08. The van der Waals surface area contributed by atoms with E-state index in [0.29, 0.717) is 6.61 Å². The van der Waals surface area contributed by atoms with E-state index in [0.717, 1.165) is 30.0 Å². The van der Waals surface area contributed by atoms with Crippen molar-refractivity contribution in [2.24, 2.45) is 0 Å². The molecule has 1 aromatic carbocycles. The van der Waals surface area contributed by atoms with Gasteiger partial charge in [0.25, 0.3) is 5.82 Å². The molecule has 0 aliphatic heterocycles. The molecule has 0 saturated heterocycles. The molecule has 16 heavy (non-hydrogen) atoms. The van der Waals surface area contributed by atoms with Crippen molar-refractivity contribution in [2.75, 3.05) is 13.2 Å². The molecule has 4 nitrogen and oxygen atoms in total. The lowest BCUT2D eigenvalue weighted by Crippen LogP contribution is -2.39. The number of rotatable bonds is 5. The zero-order valence-electron chi connectivity index (χ0n) is 9.44. The molecular weight excluding hydrogens is 204 g/mol. The lowest BCUT2D eigenvalue weighted by Gasteiger charge is -2.01. The van der Waals surface area contributed by atoms with Gasteiger partial charge in [-0.15, -0.1) is 0 Å². The smallest absolute Gasteiger partial charge is 0.281 e. The third-order valence-electron chi connectivity index (χ3n) is 2.61. The SMILES string of the molecule is CCOCC[n+]1c(CO)[nH]c2ccccc21. The van der Waals surface area contributed by atoms with Crippen LogP contribution >= 0.6 is 0 Å². The van der Waals surface area contributed by atoms with Crippen molar-refractivity contribution in [1.29, 1.82) is 0 Å². The second-order valence-electron chi connectivity index (χ2n) is 3.60. The van der Waals surface area contributed by atoms with Gasteiger partial charge in [0.15, 0.2) is 11.0 Å². The molecule has 0 atom stereocenters. The van der Waals surface area contributed by atoms with Crippen molar-refractivity contribution in [1.82, 2.24) is 4.98 Å². The summed E-state index contributed by atoms with van der Waals surface area (Å²) in [4.78, 5) is 3.20. The van der Waals surface area contributed by atoms with Gasteiger partial charge in [-0.3, -0.25) is 0 Å². The normalized spacial score (nSPS) is 11.1. The number of imidazole rings is 1. The number of benzene rings is 1. The molecule has 86 valence electrons. The van der Waals surface area contributed by atoms with E-state index >= 15 is 0 Å². The Morgan fingerprint density at radius 3 is 2.94 bits per heavy atom. The van der Waals surface area contributed by atoms with Crippen molar-refractivity contribution in [3.05, 3.63) is 30.1 Å². The van der Waals surface area contributed by atoms with E-state index in [4.69, 9.17) is 4.74 Å². The van der Waals surface area contributed by atoms with Gasteiger partial charge in [-0.05, 0) is 19.1 Å². The van der Waals surface area contributed by atoms with Gasteiger partial charge in [0.1, 0.15) is 13.2 Å². The van der Waals surface area contributed by atoms with Crippen molar-refractivity contribution < 1.29 is 14.4 Å². The van der Waals surface area contributed by atoms with Gasteiger partial charge in [0.05, 0.1) is 6.61 Å². The van der Waals surface area contributed by atoms with Crippen LogP contribution in [0.5, 0.6) is 0 Å². The van der Waals surface area contributed by atoms with Crippen LogP contribution in [-0.4, -0.2) is 23.3 Å².